The van der Waals surface area contributed by atoms with Gasteiger partial charge in [0.05, 0.1) is 10.8 Å². The van der Waals surface area contributed by atoms with Crippen molar-refractivity contribution in [3.05, 3.63) is 72.6 Å². The average Bonchev–Trinajstić information content (AvgIpc) is 3.10. The van der Waals surface area contributed by atoms with Gasteiger partial charge >= 0.3 is 0 Å². The van der Waals surface area contributed by atoms with Crippen molar-refractivity contribution in [2.75, 3.05) is 6.54 Å². The molecule has 5 nitrogen and oxygen atoms in total. The molecule has 0 aliphatic carbocycles. The third-order valence-corrected chi connectivity index (χ3v) is 5.16. The minimum atomic E-state index is -0.401. The fraction of sp³-hybridized carbons (Fsp3) is 0.190. The fourth-order valence-corrected chi connectivity index (χ4v) is 3.51. The average molecular weight is 396 g/mol. The molecule has 0 fully saturated rings. The number of nitrogens with one attached hydrogen (secondary N) is 1. The van der Waals surface area contributed by atoms with Crippen LogP contribution in [0.25, 0.3) is 17.1 Å². The molecule has 1 amide bonds. The van der Waals surface area contributed by atoms with Crippen molar-refractivity contribution in [3.8, 4) is 17.1 Å². The molecule has 3 rings (SSSR count). The summed E-state index contributed by atoms with van der Waals surface area (Å²) in [6.45, 7) is 7.78. The zero-order valence-corrected chi connectivity index (χ0v) is 16.5. The van der Waals surface area contributed by atoms with Gasteiger partial charge < -0.3 is 5.32 Å². The van der Waals surface area contributed by atoms with E-state index in [1.54, 1.807) is 35.8 Å². The van der Waals surface area contributed by atoms with Crippen LogP contribution in [0.2, 0.25) is 0 Å². The molecule has 0 radical (unpaired) electrons. The van der Waals surface area contributed by atoms with Gasteiger partial charge in [-0.2, -0.15) is 0 Å². The van der Waals surface area contributed by atoms with Gasteiger partial charge in [-0.15, -0.1) is 16.8 Å². The number of hydrogen-bond acceptors (Lipinski definition) is 4. The van der Waals surface area contributed by atoms with Crippen molar-refractivity contribution in [2.45, 2.75) is 24.3 Å². The summed E-state index contributed by atoms with van der Waals surface area (Å²) in [4.78, 5) is 12.2. The summed E-state index contributed by atoms with van der Waals surface area (Å²) in [5, 5.41) is 11.4. The Morgan fingerprint density at radius 2 is 1.96 bits per heavy atom. The van der Waals surface area contributed by atoms with Gasteiger partial charge in [-0.05, 0) is 38.1 Å². The minimum Gasteiger partial charge on any atom is -0.352 e. The third kappa shape index (κ3) is 4.31. The number of amides is 1. The molecule has 3 aromatic rings. The van der Waals surface area contributed by atoms with Gasteiger partial charge in [0, 0.05) is 12.2 Å². The van der Waals surface area contributed by atoms with E-state index in [4.69, 9.17) is 0 Å². The summed E-state index contributed by atoms with van der Waals surface area (Å²) >= 11 is 1.27. The number of rotatable bonds is 7. The van der Waals surface area contributed by atoms with Crippen molar-refractivity contribution in [3.63, 3.8) is 0 Å². The largest absolute Gasteiger partial charge is 0.352 e. The molecule has 0 bridgehead atoms. The van der Waals surface area contributed by atoms with Gasteiger partial charge in [0.15, 0.2) is 11.0 Å². The molecule has 1 N–H and O–H groups in total. The Morgan fingerprint density at radius 1 is 1.25 bits per heavy atom. The number of hydrogen-bond donors (Lipinski definition) is 1. The normalized spacial score (nSPS) is 11.8. The predicted octanol–water partition coefficient (Wildman–Crippen LogP) is 4.16. The Bertz CT molecular complexity index is 984. The summed E-state index contributed by atoms with van der Waals surface area (Å²) in [5.41, 5.74) is 2.26. The number of nitrogens with zero attached hydrogens (tertiary/aromatic N) is 3. The second-order valence-electron chi connectivity index (χ2n) is 6.25. The molecular formula is C21H21FN4OS. The van der Waals surface area contributed by atoms with Gasteiger partial charge in [0.2, 0.25) is 5.91 Å². The lowest BCUT2D eigenvalue weighted by atomic mass is 10.2. The van der Waals surface area contributed by atoms with Crippen LogP contribution < -0.4 is 5.32 Å². The maximum Gasteiger partial charge on any atom is 0.233 e. The molecule has 0 spiro atoms. The van der Waals surface area contributed by atoms with E-state index in [0.717, 1.165) is 11.3 Å². The number of carbonyl (C=O) groups excluding carboxylic acids is 1. The standard InChI is InChI=1S/C21H21FN4OS/c1-4-13-23-20(27)15(3)28-21-25-24-19(17-7-5-6-8-18(17)22)26(21)16-11-9-14(2)10-12-16/h4-12,15H,1,13H2,2-3H3,(H,23,27). The molecule has 1 unspecified atom stereocenters. The van der Waals surface area contributed by atoms with Crippen LogP contribution in [0.15, 0.2) is 66.3 Å². The number of aromatic nitrogens is 3. The molecule has 28 heavy (non-hydrogen) atoms. The molecule has 0 saturated carbocycles. The van der Waals surface area contributed by atoms with E-state index in [2.05, 4.69) is 22.1 Å². The van der Waals surface area contributed by atoms with E-state index in [1.807, 2.05) is 31.2 Å². The van der Waals surface area contributed by atoms with Gasteiger partial charge in [0.25, 0.3) is 0 Å². The summed E-state index contributed by atoms with van der Waals surface area (Å²) in [7, 11) is 0. The third-order valence-electron chi connectivity index (χ3n) is 4.11. The SMILES string of the molecule is C=CCNC(=O)C(C)Sc1nnc(-c2ccccc2F)n1-c1ccc(C)cc1. The summed E-state index contributed by atoms with van der Waals surface area (Å²) < 4.78 is 16.2. The summed E-state index contributed by atoms with van der Waals surface area (Å²) in [6, 6.07) is 14.2. The van der Waals surface area contributed by atoms with Crippen LogP contribution in [0.1, 0.15) is 12.5 Å². The van der Waals surface area contributed by atoms with E-state index < -0.39 is 5.25 Å². The maximum absolute atomic E-state index is 14.4. The van der Waals surface area contributed by atoms with E-state index in [9.17, 15) is 9.18 Å². The molecule has 1 aromatic heterocycles. The van der Waals surface area contributed by atoms with Gasteiger partial charge in [-0.3, -0.25) is 9.36 Å². The van der Waals surface area contributed by atoms with Crippen molar-refractivity contribution >= 4 is 17.7 Å². The second-order valence-corrected chi connectivity index (χ2v) is 7.56. The van der Waals surface area contributed by atoms with E-state index in [-0.39, 0.29) is 11.7 Å². The zero-order chi connectivity index (χ0) is 20.1. The van der Waals surface area contributed by atoms with Crippen molar-refractivity contribution in [1.29, 1.82) is 0 Å². The molecule has 1 heterocycles. The fourth-order valence-electron chi connectivity index (χ4n) is 2.62. The number of benzene rings is 2. The molecule has 1 atom stereocenters. The first kappa shape index (κ1) is 19.8. The maximum atomic E-state index is 14.4. The highest BCUT2D eigenvalue weighted by Crippen LogP contribution is 2.31. The first-order valence-corrected chi connectivity index (χ1v) is 9.72. The van der Waals surface area contributed by atoms with Crippen LogP contribution in [0.5, 0.6) is 0 Å². The van der Waals surface area contributed by atoms with Crippen LogP contribution in [-0.2, 0) is 4.79 Å². The lowest BCUT2D eigenvalue weighted by molar-refractivity contribution is -0.120. The van der Waals surface area contributed by atoms with Gasteiger partial charge in [-0.1, -0.05) is 47.7 Å². The Morgan fingerprint density at radius 3 is 2.64 bits per heavy atom. The highest BCUT2D eigenvalue weighted by molar-refractivity contribution is 8.00. The van der Waals surface area contributed by atoms with Gasteiger partial charge in [0.1, 0.15) is 5.82 Å². The quantitative estimate of drug-likeness (QED) is 0.481. The molecule has 2 aromatic carbocycles. The van der Waals surface area contributed by atoms with E-state index >= 15 is 0 Å². The van der Waals surface area contributed by atoms with Crippen LogP contribution in [0, 0.1) is 12.7 Å². The monoisotopic (exact) mass is 396 g/mol. The Labute approximate surface area is 167 Å². The number of thioether (sulfide) groups is 1. The Hall–Kier alpha value is -2.93. The van der Waals surface area contributed by atoms with Crippen LogP contribution in [0.4, 0.5) is 4.39 Å². The van der Waals surface area contributed by atoms with Crippen LogP contribution in [-0.4, -0.2) is 32.5 Å². The molecule has 0 saturated heterocycles. The molecule has 7 heteroatoms. The minimum absolute atomic E-state index is 0.129. The summed E-state index contributed by atoms with van der Waals surface area (Å²) in [6.07, 6.45) is 1.63. The molecule has 0 aliphatic rings. The number of carbonyl (C=O) groups is 1. The van der Waals surface area contributed by atoms with Crippen molar-refractivity contribution < 1.29 is 9.18 Å². The first-order valence-electron chi connectivity index (χ1n) is 8.84. The lowest BCUT2D eigenvalue weighted by Gasteiger charge is -2.14. The topological polar surface area (TPSA) is 59.8 Å². The van der Waals surface area contributed by atoms with Crippen LogP contribution >= 0.6 is 11.8 Å². The lowest BCUT2D eigenvalue weighted by Crippen LogP contribution is -2.31. The second kappa shape index (κ2) is 8.84. The van der Waals surface area contributed by atoms with E-state index in [0.29, 0.717) is 23.1 Å². The molecular weight excluding hydrogens is 375 g/mol. The Kier molecular flexibility index (Phi) is 6.26. The number of halogens is 1. The van der Waals surface area contributed by atoms with Crippen molar-refractivity contribution in [2.24, 2.45) is 0 Å². The van der Waals surface area contributed by atoms with Crippen LogP contribution in [0.3, 0.4) is 0 Å². The van der Waals surface area contributed by atoms with E-state index in [1.165, 1.54) is 17.8 Å². The molecule has 0 aliphatic heterocycles. The predicted molar refractivity (Wildman–Crippen MR) is 110 cm³/mol. The van der Waals surface area contributed by atoms with Crippen molar-refractivity contribution in [1.82, 2.24) is 20.1 Å². The zero-order valence-electron chi connectivity index (χ0n) is 15.7. The smallest absolute Gasteiger partial charge is 0.233 e. The first-order chi connectivity index (χ1) is 13.5. The highest BCUT2D eigenvalue weighted by Gasteiger charge is 2.22. The number of aryl methyl sites for hydroxylation is 1. The molecule has 144 valence electrons. The highest BCUT2D eigenvalue weighted by atomic mass is 32.2. The summed E-state index contributed by atoms with van der Waals surface area (Å²) in [5.74, 6) is -0.115. The van der Waals surface area contributed by atoms with Gasteiger partial charge in [-0.25, -0.2) is 4.39 Å². The Balaban J connectivity index is 2.03.